The zero-order valence-electron chi connectivity index (χ0n) is 23.1. The lowest BCUT2D eigenvalue weighted by molar-refractivity contribution is -0.138. The quantitative estimate of drug-likeness (QED) is 0.506. The van der Waals surface area contributed by atoms with Crippen LogP contribution in [0.3, 0.4) is 0 Å². The Morgan fingerprint density at radius 2 is 1.87 bits per heavy atom. The van der Waals surface area contributed by atoms with Gasteiger partial charge in [-0.3, -0.25) is 14.4 Å². The molecule has 39 heavy (non-hydrogen) atoms. The Morgan fingerprint density at radius 3 is 2.54 bits per heavy atom. The average Bonchev–Trinajstić information content (AvgIpc) is 3.65. The van der Waals surface area contributed by atoms with Gasteiger partial charge in [-0.1, -0.05) is 26.0 Å². The van der Waals surface area contributed by atoms with E-state index in [0.717, 1.165) is 42.6 Å². The molecule has 0 aliphatic carbocycles. The molecule has 3 fully saturated rings. The van der Waals surface area contributed by atoms with Gasteiger partial charge in [0.15, 0.2) is 10.9 Å². The van der Waals surface area contributed by atoms with E-state index in [1.54, 1.807) is 35.4 Å². The number of hydrogen-bond donors (Lipinski definition) is 2. The van der Waals surface area contributed by atoms with Crippen LogP contribution in [0.5, 0.6) is 0 Å². The third-order valence-electron chi connectivity index (χ3n) is 7.86. The molecule has 1 aromatic heterocycles. The summed E-state index contributed by atoms with van der Waals surface area (Å²) < 4.78 is 5.67. The number of ether oxygens (including phenoxy) is 1. The van der Waals surface area contributed by atoms with Gasteiger partial charge in [-0.25, -0.2) is 4.98 Å². The minimum atomic E-state index is -0.730. The molecule has 210 valence electrons. The molecular formula is C28H38N6O4S. The number of amides is 2. The number of carbonyl (C=O) groups excluding carboxylic acids is 3. The number of aromatic nitrogens is 1. The summed E-state index contributed by atoms with van der Waals surface area (Å²) in [6.07, 6.45) is 0.126. The maximum Gasteiger partial charge on any atom is 0.251 e. The molecule has 10 nitrogen and oxygen atoms in total. The van der Waals surface area contributed by atoms with Crippen molar-refractivity contribution >= 4 is 34.1 Å². The van der Waals surface area contributed by atoms with E-state index in [0.29, 0.717) is 18.5 Å². The average molecular weight is 555 g/mol. The Kier molecular flexibility index (Phi) is 8.32. The maximum absolute atomic E-state index is 13.6. The molecule has 2 N–H and O–H groups in total. The lowest BCUT2D eigenvalue weighted by Crippen LogP contribution is -2.52. The maximum atomic E-state index is 13.6. The number of nitrogens with zero attached hydrogens (tertiary/aromatic N) is 4. The molecule has 1 aromatic carbocycles. The van der Waals surface area contributed by atoms with Gasteiger partial charge in [0.25, 0.3) is 5.91 Å². The third kappa shape index (κ3) is 5.86. The van der Waals surface area contributed by atoms with Gasteiger partial charge in [0.2, 0.25) is 5.91 Å². The smallest absolute Gasteiger partial charge is 0.251 e. The monoisotopic (exact) mass is 554 g/mol. The number of benzene rings is 1. The van der Waals surface area contributed by atoms with Crippen molar-refractivity contribution in [2.45, 2.75) is 44.5 Å². The molecule has 0 bridgehead atoms. The topological polar surface area (TPSA) is 107 Å². The highest BCUT2D eigenvalue weighted by Gasteiger charge is 2.52. The third-order valence-corrected chi connectivity index (χ3v) is 8.76. The number of nitrogens with one attached hydrogen (secondary N) is 2. The number of likely N-dealkylation sites (tertiary alicyclic amines) is 1. The highest BCUT2D eigenvalue weighted by atomic mass is 32.1. The SMILES string of the molecule is CN[C@@H]1CN(C(=O)C(CC(C)C)NC(=O)c2ccc(-c3csc(N4CCN(C)CC4)n3)cc2)[C@@H]2C(=O)CO[C@@H]21. The Balaban J connectivity index is 1.26. The number of rotatable bonds is 8. The van der Waals surface area contributed by atoms with Crippen molar-refractivity contribution in [1.29, 1.82) is 0 Å². The Hall–Kier alpha value is -2.86. The summed E-state index contributed by atoms with van der Waals surface area (Å²) >= 11 is 1.64. The fourth-order valence-corrected chi connectivity index (χ4v) is 6.49. The first-order valence-corrected chi connectivity index (χ1v) is 14.6. The summed E-state index contributed by atoms with van der Waals surface area (Å²) in [5, 5.41) is 9.18. The molecular weight excluding hydrogens is 516 g/mol. The molecule has 3 aliphatic rings. The van der Waals surface area contributed by atoms with Crippen molar-refractivity contribution in [3.63, 3.8) is 0 Å². The molecule has 3 aliphatic heterocycles. The van der Waals surface area contributed by atoms with Crippen LogP contribution in [0.25, 0.3) is 11.3 Å². The Bertz CT molecular complexity index is 1190. The highest BCUT2D eigenvalue weighted by Crippen LogP contribution is 2.30. The van der Waals surface area contributed by atoms with E-state index in [1.165, 1.54) is 0 Å². The first-order valence-electron chi connectivity index (χ1n) is 13.7. The van der Waals surface area contributed by atoms with Crippen molar-refractivity contribution in [1.82, 2.24) is 25.4 Å². The van der Waals surface area contributed by atoms with Gasteiger partial charge in [0, 0.05) is 49.2 Å². The first-order chi connectivity index (χ1) is 18.7. The molecule has 0 saturated carbocycles. The number of hydrogen-bond acceptors (Lipinski definition) is 9. The molecule has 2 amide bonds. The summed E-state index contributed by atoms with van der Waals surface area (Å²) in [5.74, 6) is -0.463. The van der Waals surface area contributed by atoms with E-state index in [-0.39, 0.29) is 42.3 Å². The standard InChI is InChI=1S/C28H38N6O4S/c1-17(2)13-20(27(37)34-14-21(29-3)25-24(34)23(35)15-38-25)30-26(36)19-7-5-18(6-8-19)22-16-39-28(31-22)33-11-9-32(4)10-12-33/h5-8,16-17,20-21,24-25,29H,9-15H2,1-4H3,(H,30,36)/t20?,21-,24-,25-/m1/s1. The number of carbonyl (C=O) groups is 3. The van der Waals surface area contributed by atoms with Crippen molar-refractivity contribution in [2.75, 3.05) is 58.3 Å². The van der Waals surface area contributed by atoms with Crippen molar-refractivity contribution in [3.05, 3.63) is 35.2 Å². The highest BCUT2D eigenvalue weighted by molar-refractivity contribution is 7.14. The van der Waals surface area contributed by atoms with Crippen LogP contribution >= 0.6 is 11.3 Å². The van der Waals surface area contributed by atoms with Crippen LogP contribution < -0.4 is 15.5 Å². The number of Topliss-reactive ketones (excluding diaryl/α,β-unsaturated/α-hetero) is 1. The summed E-state index contributed by atoms with van der Waals surface area (Å²) in [6, 6.07) is 5.89. The number of likely N-dealkylation sites (N-methyl/N-ethyl adjacent to an activating group) is 2. The zero-order valence-corrected chi connectivity index (χ0v) is 23.9. The molecule has 1 unspecified atom stereocenters. The predicted molar refractivity (Wildman–Crippen MR) is 151 cm³/mol. The fourth-order valence-electron chi connectivity index (χ4n) is 5.60. The molecule has 2 aromatic rings. The molecule has 4 heterocycles. The summed E-state index contributed by atoms with van der Waals surface area (Å²) in [7, 11) is 3.94. The van der Waals surface area contributed by atoms with Crippen LogP contribution in [-0.4, -0.2) is 110 Å². The summed E-state index contributed by atoms with van der Waals surface area (Å²) in [5.41, 5.74) is 2.31. The van der Waals surface area contributed by atoms with Crippen LogP contribution in [0, 0.1) is 5.92 Å². The van der Waals surface area contributed by atoms with Gasteiger partial charge < -0.3 is 30.1 Å². The van der Waals surface area contributed by atoms with Crippen LogP contribution in [0.15, 0.2) is 29.6 Å². The minimum Gasteiger partial charge on any atom is -0.366 e. The van der Waals surface area contributed by atoms with Crippen LogP contribution in [0.1, 0.15) is 30.6 Å². The van der Waals surface area contributed by atoms with E-state index in [1.807, 2.05) is 26.0 Å². The minimum absolute atomic E-state index is 0.0146. The van der Waals surface area contributed by atoms with E-state index in [4.69, 9.17) is 9.72 Å². The van der Waals surface area contributed by atoms with Crippen LogP contribution in [0.4, 0.5) is 5.13 Å². The van der Waals surface area contributed by atoms with Gasteiger partial charge in [-0.05, 0) is 38.6 Å². The lowest BCUT2D eigenvalue weighted by atomic mass is 10.0. The van der Waals surface area contributed by atoms with E-state index in [2.05, 4.69) is 32.9 Å². The first kappa shape index (κ1) is 27.7. The number of ketones is 1. The summed E-state index contributed by atoms with van der Waals surface area (Å²) in [4.78, 5) is 50.5. The van der Waals surface area contributed by atoms with Crippen molar-refractivity contribution in [3.8, 4) is 11.3 Å². The van der Waals surface area contributed by atoms with E-state index < -0.39 is 12.1 Å². The molecule has 5 rings (SSSR count). The van der Waals surface area contributed by atoms with Gasteiger partial charge in [-0.15, -0.1) is 11.3 Å². The molecule has 0 radical (unpaired) electrons. The van der Waals surface area contributed by atoms with Crippen LogP contribution in [0.2, 0.25) is 0 Å². The van der Waals surface area contributed by atoms with Gasteiger partial charge in [0.1, 0.15) is 24.8 Å². The van der Waals surface area contributed by atoms with Gasteiger partial charge >= 0.3 is 0 Å². The molecule has 4 atom stereocenters. The van der Waals surface area contributed by atoms with Crippen molar-refractivity contribution < 1.29 is 19.1 Å². The normalized spacial score (nSPS) is 24.3. The van der Waals surface area contributed by atoms with E-state index in [9.17, 15) is 14.4 Å². The second-order valence-electron chi connectivity index (χ2n) is 11.1. The molecule has 0 spiro atoms. The second kappa shape index (κ2) is 11.7. The number of fused-ring (bicyclic) bond motifs is 1. The largest absolute Gasteiger partial charge is 0.366 e. The fraction of sp³-hybridized carbons (Fsp3) is 0.571. The lowest BCUT2D eigenvalue weighted by Gasteiger charge is -2.32. The van der Waals surface area contributed by atoms with E-state index >= 15 is 0 Å². The van der Waals surface area contributed by atoms with Gasteiger partial charge in [0.05, 0.1) is 11.7 Å². The Morgan fingerprint density at radius 1 is 1.15 bits per heavy atom. The number of piperazine rings is 1. The Labute approximate surface area is 233 Å². The van der Waals surface area contributed by atoms with Crippen molar-refractivity contribution in [2.24, 2.45) is 5.92 Å². The zero-order chi connectivity index (χ0) is 27.7. The number of anilines is 1. The molecule has 11 heteroatoms. The summed E-state index contributed by atoms with van der Waals surface area (Å²) in [6.45, 7) is 8.40. The molecule has 3 saturated heterocycles. The van der Waals surface area contributed by atoms with Gasteiger partial charge in [-0.2, -0.15) is 0 Å². The number of thiazole rings is 1. The second-order valence-corrected chi connectivity index (χ2v) is 11.9. The van der Waals surface area contributed by atoms with Crippen LogP contribution in [-0.2, 0) is 14.3 Å². The predicted octanol–water partition coefficient (Wildman–Crippen LogP) is 1.47.